The van der Waals surface area contributed by atoms with E-state index in [9.17, 15) is 0 Å². The van der Waals surface area contributed by atoms with E-state index in [4.69, 9.17) is 4.74 Å². The fourth-order valence-electron chi connectivity index (χ4n) is 3.27. The molecule has 2 aliphatic rings. The largest absolute Gasteiger partial charge is 0.485 e. The van der Waals surface area contributed by atoms with Gasteiger partial charge in [-0.1, -0.05) is 25.0 Å². The number of amidine groups is 1. The van der Waals surface area contributed by atoms with Gasteiger partial charge < -0.3 is 9.64 Å². The molecule has 0 unspecified atom stereocenters. The van der Waals surface area contributed by atoms with Crippen LogP contribution in [-0.2, 0) is 0 Å². The molecule has 1 saturated carbocycles. The summed E-state index contributed by atoms with van der Waals surface area (Å²) in [5.74, 6) is 2.14. The first kappa shape index (κ1) is 13.5. The molecule has 0 radical (unpaired) electrons. The van der Waals surface area contributed by atoms with E-state index in [2.05, 4.69) is 41.9 Å². The van der Waals surface area contributed by atoms with Gasteiger partial charge in [-0.05, 0) is 43.9 Å². The number of aryl methyl sites for hydroxylation is 1. The average molecular weight is 272 g/mol. The summed E-state index contributed by atoms with van der Waals surface area (Å²) in [6.07, 6.45) is 5.38. The molecule has 0 aromatic heterocycles. The molecule has 1 aromatic carbocycles. The number of hydrogen-bond donors (Lipinski definition) is 0. The van der Waals surface area contributed by atoms with Crippen molar-refractivity contribution in [1.82, 2.24) is 4.90 Å². The van der Waals surface area contributed by atoms with Crippen LogP contribution in [0.4, 0.5) is 0 Å². The Morgan fingerprint density at radius 1 is 1.25 bits per heavy atom. The summed E-state index contributed by atoms with van der Waals surface area (Å²) in [6, 6.07) is 6.94. The molecule has 3 nitrogen and oxygen atoms in total. The maximum absolute atomic E-state index is 6.02. The van der Waals surface area contributed by atoms with Crippen LogP contribution in [0, 0.1) is 13.8 Å². The molecule has 0 spiro atoms. The van der Waals surface area contributed by atoms with Gasteiger partial charge in [0.2, 0.25) is 0 Å². The summed E-state index contributed by atoms with van der Waals surface area (Å²) < 4.78 is 6.02. The second-order valence-corrected chi connectivity index (χ2v) is 5.92. The van der Waals surface area contributed by atoms with E-state index in [1.807, 2.05) is 0 Å². The van der Waals surface area contributed by atoms with Crippen molar-refractivity contribution in [3.05, 3.63) is 29.3 Å². The van der Waals surface area contributed by atoms with Crippen molar-refractivity contribution in [3.63, 3.8) is 0 Å². The molecule has 3 rings (SSSR count). The maximum Gasteiger partial charge on any atom is 0.145 e. The summed E-state index contributed by atoms with van der Waals surface area (Å²) in [5, 5.41) is 0. The standard InChI is InChI=1S/C17H24N2O/c1-13-6-5-9-16(14(13)2)20-12-17-18-10-11-19(17)15-7-3-4-8-15/h5-6,9,15H,3-4,7-8,10-12H2,1-2H3. The van der Waals surface area contributed by atoms with Crippen LogP contribution in [0.1, 0.15) is 36.8 Å². The van der Waals surface area contributed by atoms with E-state index in [1.165, 1.54) is 36.8 Å². The Morgan fingerprint density at radius 2 is 2.05 bits per heavy atom. The van der Waals surface area contributed by atoms with E-state index < -0.39 is 0 Å². The van der Waals surface area contributed by atoms with Crippen molar-refractivity contribution < 1.29 is 4.74 Å². The van der Waals surface area contributed by atoms with Crippen molar-refractivity contribution in [2.45, 2.75) is 45.6 Å². The Morgan fingerprint density at radius 3 is 2.85 bits per heavy atom. The smallest absolute Gasteiger partial charge is 0.145 e. The van der Waals surface area contributed by atoms with Gasteiger partial charge in [-0.2, -0.15) is 0 Å². The fraction of sp³-hybridized carbons (Fsp3) is 0.588. The predicted molar refractivity (Wildman–Crippen MR) is 82.7 cm³/mol. The number of benzene rings is 1. The molecule has 1 aromatic rings. The molecule has 0 amide bonds. The van der Waals surface area contributed by atoms with Gasteiger partial charge in [-0.3, -0.25) is 4.99 Å². The topological polar surface area (TPSA) is 24.8 Å². The Kier molecular flexibility index (Phi) is 3.95. The molecular weight excluding hydrogens is 248 g/mol. The zero-order valence-electron chi connectivity index (χ0n) is 12.6. The first-order valence-electron chi connectivity index (χ1n) is 7.74. The molecule has 0 saturated heterocycles. The Labute approximate surface area is 121 Å². The van der Waals surface area contributed by atoms with Gasteiger partial charge >= 0.3 is 0 Å². The van der Waals surface area contributed by atoms with Crippen molar-refractivity contribution in [1.29, 1.82) is 0 Å². The molecular formula is C17H24N2O. The quantitative estimate of drug-likeness (QED) is 0.840. The van der Waals surface area contributed by atoms with Crippen molar-refractivity contribution in [3.8, 4) is 5.75 Å². The van der Waals surface area contributed by atoms with Crippen LogP contribution in [0.25, 0.3) is 0 Å². The molecule has 0 N–H and O–H groups in total. The predicted octanol–water partition coefficient (Wildman–Crippen LogP) is 3.34. The lowest BCUT2D eigenvalue weighted by atomic mass is 10.1. The number of aliphatic imine (C=N–C) groups is 1. The highest BCUT2D eigenvalue weighted by Crippen LogP contribution is 2.26. The number of rotatable bonds is 4. The van der Waals surface area contributed by atoms with Gasteiger partial charge in [0.25, 0.3) is 0 Å². The van der Waals surface area contributed by atoms with Gasteiger partial charge in [-0.25, -0.2) is 0 Å². The zero-order valence-corrected chi connectivity index (χ0v) is 12.6. The van der Waals surface area contributed by atoms with E-state index in [0.29, 0.717) is 12.6 Å². The van der Waals surface area contributed by atoms with E-state index in [1.54, 1.807) is 0 Å². The minimum Gasteiger partial charge on any atom is -0.485 e. The molecule has 20 heavy (non-hydrogen) atoms. The Hall–Kier alpha value is -1.51. The van der Waals surface area contributed by atoms with E-state index in [-0.39, 0.29) is 0 Å². The first-order chi connectivity index (χ1) is 9.75. The molecule has 108 valence electrons. The lowest BCUT2D eigenvalue weighted by molar-refractivity contribution is 0.302. The van der Waals surface area contributed by atoms with Gasteiger partial charge in [0.15, 0.2) is 0 Å². The molecule has 1 aliphatic heterocycles. The Balaban J connectivity index is 1.64. The number of nitrogens with zero attached hydrogens (tertiary/aromatic N) is 2. The van der Waals surface area contributed by atoms with Crippen LogP contribution in [0.5, 0.6) is 5.75 Å². The third-order valence-corrected chi connectivity index (χ3v) is 4.64. The highest BCUT2D eigenvalue weighted by atomic mass is 16.5. The number of ether oxygens (including phenoxy) is 1. The summed E-state index contributed by atoms with van der Waals surface area (Å²) in [6.45, 7) is 6.87. The highest BCUT2D eigenvalue weighted by Gasteiger charge is 2.27. The van der Waals surface area contributed by atoms with Gasteiger partial charge in [-0.15, -0.1) is 0 Å². The van der Waals surface area contributed by atoms with E-state index in [0.717, 1.165) is 24.7 Å². The van der Waals surface area contributed by atoms with Crippen LogP contribution in [0.15, 0.2) is 23.2 Å². The molecule has 3 heteroatoms. The summed E-state index contributed by atoms with van der Waals surface area (Å²) in [4.78, 5) is 7.13. The molecule has 0 bridgehead atoms. The second-order valence-electron chi connectivity index (χ2n) is 5.92. The van der Waals surface area contributed by atoms with Crippen LogP contribution in [-0.4, -0.2) is 36.5 Å². The molecule has 1 aliphatic carbocycles. The first-order valence-corrected chi connectivity index (χ1v) is 7.74. The summed E-state index contributed by atoms with van der Waals surface area (Å²) in [7, 11) is 0. The third-order valence-electron chi connectivity index (χ3n) is 4.64. The van der Waals surface area contributed by atoms with Crippen molar-refractivity contribution in [2.24, 2.45) is 4.99 Å². The monoisotopic (exact) mass is 272 g/mol. The minimum absolute atomic E-state index is 0.612. The number of hydrogen-bond acceptors (Lipinski definition) is 3. The van der Waals surface area contributed by atoms with Crippen LogP contribution in [0.3, 0.4) is 0 Å². The van der Waals surface area contributed by atoms with Crippen LogP contribution < -0.4 is 4.74 Å². The summed E-state index contributed by atoms with van der Waals surface area (Å²) >= 11 is 0. The van der Waals surface area contributed by atoms with Gasteiger partial charge in [0.05, 0.1) is 6.54 Å². The maximum atomic E-state index is 6.02. The summed E-state index contributed by atoms with van der Waals surface area (Å²) in [5.41, 5.74) is 2.52. The van der Waals surface area contributed by atoms with Crippen molar-refractivity contribution >= 4 is 5.84 Å². The SMILES string of the molecule is Cc1cccc(OCC2=NCCN2C2CCCC2)c1C. The molecule has 1 fully saturated rings. The van der Waals surface area contributed by atoms with Crippen LogP contribution >= 0.6 is 0 Å². The normalized spacial score (nSPS) is 19.5. The lowest BCUT2D eigenvalue weighted by Gasteiger charge is -2.27. The van der Waals surface area contributed by atoms with Gasteiger partial charge in [0.1, 0.15) is 18.2 Å². The van der Waals surface area contributed by atoms with Crippen molar-refractivity contribution in [2.75, 3.05) is 19.7 Å². The lowest BCUT2D eigenvalue weighted by Crippen LogP contribution is -2.39. The van der Waals surface area contributed by atoms with E-state index >= 15 is 0 Å². The average Bonchev–Trinajstić information content (AvgIpc) is 3.10. The molecule has 0 atom stereocenters. The Bertz CT molecular complexity index is 504. The fourth-order valence-corrected chi connectivity index (χ4v) is 3.27. The zero-order chi connectivity index (χ0) is 13.9. The van der Waals surface area contributed by atoms with Gasteiger partial charge in [0, 0.05) is 12.6 Å². The molecule has 1 heterocycles. The minimum atomic E-state index is 0.612. The third kappa shape index (κ3) is 2.67. The second kappa shape index (κ2) is 5.86. The highest BCUT2D eigenvalue weighted by molar-refractivity contribution is 5.85. The van der Waals surface area contributed by atoms with Crippen LogP contribution in [0.2, 0.25) is 0 Å².